The number of benzene rings is 1. The monoisotopic (exact) mass is 260 g/mol. The molecule has 0 radical (unpaired) electrons. The smallest absolute Gasteiger partial charge is 0.123 e. The summed E-state index contributed by atoms with van der Waals surface area (Å²) in [6.07, 6.45) is 7.66. The van der Waals surface area contributed by atoms with Crippen LogP contribution in [-0.2, 0) is 0 Å². The fourth-order valence-corrected chi connectivity index (χ4v) is 2.06. The van der Waals surface area contributed by atoms with E-state index in [9.17, 15) is 4.39 Å². The van der Waals surface area contributed by atoms with Crippen LogP contribution in [-0.4, -0.2) is 6.26 Å². The average Bonchev–Trinajstić information content (AvgIpc) is 2.37. The maximum atomic E-state index is 12.9. The molecule has 0 aliphatic heterocycles. The van der Waals surface area contributed by atoms with Gasteiger partial charge in [0.2, 0.25) is 0 Å². The first kappa shape index (κ1) is 14.5. The van der Waals surface area contributed by atoms with Crippen molar-refractivity contribution in [3.8, 4) is 0 Å². The number of hydrogen-bond acceptors (Lipinski definition) is 1. The van der Waals surface area contributed by atoms with Gasteiger partial charge in [0.1, 0.15) is 5.82 Å². The summed E-state index contributed by atoms with van der Waals surface area (Å²) < 4.78 is 12.9. The van der Waals surface area contributed by atoms with Gasteiger partial charge in [-0.25, -0.2) is 4.39 Å². The Kier molecular flexibility index (Phi) is 5.66. The van der Waals surface area contributed by atoms with Crippen molar-refractivity contribution >= 4 is 16.7 Å². The van der Waals surface area contributed by atoms with Crippen molar-refractivity contribution in [2.75, 3.05) is 6.26 Å². The average molecular weight is 260 g/mol. The van der Waals surface area contributed by atoms with Crippen LogP contribution in [0, 0.1) is 5.82 Å². The Morgan fingerprint density at radius 1 is 1.28 bits per heavy atom. The van der Waals surface area contributed by atoms with Gasteiger partial charge in [-0.15, -0.1) is 11.8 Å². The fourth-order valence-electron chi connectivity index (χ4n) is 1.43. The molecule has 94 valence electrons. The molecule has 1 aromatic carbocycles. The Morgan fingerprint density at radius 2 is 1.89 bits per heavy atom. The molecule has 0 nitrogen and oxygen atoms in total. The summed E-state index contributed by atoms with van der Waals surface area (Å²) in [7, 11) is 0. The van der Waals surface area contributed by atoms with Crippen molar-refractivity contribution in [2.45, 2.75) is 6.92 Å². The summed E-state index contributed by atoms with van der Waals surface area (Å²) in [5, 5.41) is 0. The minimum absolute atomic E-state index is 0.222. The van der Waals surface area contributed by atoms with Crippen molar-refractivity contribution < 1.29 is 4.39 Å². The van der Waals surface area contributed by atoms with E-state index < -0.39 is 0 Å². The van der Waals surface area contributed by atoms with E-state index in [1.54, 1.807) is 30.0 Å². The van der Waals surface area contributed by atoms with Crippen LogP contribution in [0.4, 0.5) is 4.39 Å². The highest BCUT2D eigenvalue weighted by molar-refractivity contribution is 8.07. The van der Waals surface area contributed by atoms with E-state index in [4.69, 9.17) is 0 Å². The predicted molar refractivity (Wildman–Crippen MR) is 81.0 cm³/mol. The number of thioether (sulfide) groups is 1. The highest BCUT2D eigenvalue weighted by Gasteiger charge is 2.02. The Bertz CT molecular complexity index is 492. The van der Waals surface area contributed by atoms with Crippen LogP contribution in [0.25, 0.3) is 4.91 Å². The Labute approximate surface area is 113 Å². The van der Waals surface area contributed by atoms with Crippen LogP contribution in [0.3, 0.4) is 0 Å². The molecule has 1 aromatic rings. The largest absolute Gasteiger partial charge is 0.207 e. The van der Waals surface area contributed by atoms with E-state index in [-0.39, 0.29) is 5.82 Å². The van der Waals surface area contributed by atoms with Gasteiger partial charge in [-0.1, -0.05) is 37.4 Å². The topological polar surface area (TPSA) is 0 Å². The third-order valence-corrected chi connectivity index (χ3v) is 3.32. The van der Waals surface area contributed by atoms with Crippen molar-refractivity contribution in [2.24, 2.45) is 0 Å². The van der Waals surface area contributed by atoms with Gasteiger partial charge in [0.25, 0.3) is 0 Å². The quantitative estimate of drug-likeness (QED) is 0.654. The van der Waals surface area contributed by atoms with Crippen molar-refractivity contribution in [3.05, 3.63) is 78.2 Å². The van der Waals surface area contributed by atoms with E-state index in [0.717, 1.165) is 21.6 Å². The number of halogens is 1. The molecule has 0 aliphatic rings. The number of rotatable bonds is 5. The van der Waals surface area contributed by atoms with Crippen LogP contribution in [0.2, 0.25) is 0 Å². The second-order valence-corrected chi connectivity index (χ2v) is 4.68. The van der Waals surface area contributed by atoms with Crippen molar-refractivity contribution in [1.29, 1.82) is 0 Å². The van der Waals surface area contributed by atoms with Crippen molar-refractivity contribution in [1.82, 2.24) is 0 Å². The lowest BCUT2D eigenvalue weighted by Crippen LogP contribution is -1.84. The first-order valence-electron chi connectivity index (χ1n) is 5.58. The third-order valence-electron chi connectivity index (χ3n) is 2.53. The molecule has 0 fully saturated rings. The zero-order valence-corrected chi connectivity index (χ0v) is 11.6. The highest BCUT2D eigenvalue weighted by atomic mass is 32.2. The summed E-state index contributed by atoms with van der Waals surface area (Å²) in [5.74, 6) is -0.222. The molecule has 0 amide bonds. The number of allylic oxidation sites excluding steroid dienone is 5. The van der Waals surface area contributed by atoms with Gasteiger partial charge in [-0.2, -0.15) is 0 Å². The van der Waals surface area contributed by atoms with Crippen molar-refractivity contribution in [3.63, 3.8) is 0 Å². The predicted octanol–water partition coefficient (Wildman–Crippen LogP) is 5.22. The molecule has 0 heterocycles. The minimum atomic E-state index is -0.222. The Balaban J connectivity index is 3.03. The SMILES string of the molecule is C=C/C=C(/C)C(=C)/C=C(\SC)c1ccc(F)cc1. The summed E-state index contributed by atoms with van der Waals surface area (Å²) in [4.78, 5) is 1.07. The van der Waals surface area contributed by atoms with Crippen LogP contribution >= 0.6 is 11.8 Å². The van der Waals surface area contributed by atoms with Crippen LogP contribution < -0.4 is 0 Å². The summed E-state index contributed by atoms with van der Waals surface area (Å²) in [5.41, 5.74) is 3.00. The zero-order chi connectivity index (χ0) is 13.5. The van der Waals surface area contributed by atoms with E-state index >= 15 is 0 Å². The van der Waals surface area contributed by atoms with Crippen LogP contribution in [0.15, 0.2) is 66.8 Å². The fraction of sp³-hybridized carbons (Fsp3) is 0.125. The van der Waals surface area contributed by atoms with Gasteiger partial charge in [0.15, 0.2) is 0 Å². The molecule has 0 aliphatic carbocycles. The molecule has 0 atom stereocenters. The Hall–Kier alpha value is -1.54. The molecule has 0 bridgehead atoms. The van der Waals surface area contributed by atoms with Crippen LogP contribution in [0.5, 0.6) is 0 Å². The highest BCUT2D eigenvalue weighted by Crippen LogP contribution is 2.28. The molecule has 1 rings (SSSR count). The molecule has 0 unspecified atom stereocenters. The van der Waals surface area contributed by atoms with E-state index in [1.807, 2.05) is 25.3 Å². The lowest BCUT2D eigenvalue weighted by Gasteiger charge is -2.07. The lowest BCUT2D eigenvalue weighted by molar-refractivity contribution is 0.628. The van der Waals surface area contributed by atoms with Crippen LogP contribution in [0.1, 0.15) is 12.5 Å². The Morgan fingerprint density at radius 3 is 2.39 bits per heavy atom. The maximum Gasteiger partial charge on any atom is 0.123 e. The first-order valence-corrected chi connectivity index (χ1v) is 6.81. The molecule has 0 saturated carbocycles. The first-order chi connectivity index (χ1) is 8.58. The van der Waals surface area contributed by atoms with Gasteiger partial charge in [0.05, 0.1) is 0 Å². The summed E-state index contributed by atoms with van der Waals surface area (Å²) >= 11 is 1.62. The zero-order valence-electron chi connectivity index (χ0n) is 10.7. The lowest BCUT2D eigenvalue weighted by atomic mass is 10.1. The van der Waals surface area contributed by atoms with E-state index in [0.29, 0.717) is 0 Å². The second-order valence-electron chi connectivity index (χ2n) is 3.83. The van der Waals surface area contributed by atoms with Gasteiger partial charge >= 0.3 is 0 Å². The molecule has 0 saturated heterocycles. The molecular weight excluding hydrogens is 243 g/mol. The van der Waals surface area contributed by atoms with E-state index in [2.05, 4.69) is 13.2 Å². The summed E-state index contributed by atoms with van der Waals surface area (Å²) in [6.45, 7) is 9.68. The molecule has 0 aromatic heterocycles. The standard InChI is InChI=1S/C16H17FS/c1-5-6-12(2)13(3)11-16(18-4)14-7-9-15(17)10-8-14/h5-11H,1,3H2,2,4H3/b12-6-,16-11-. The van der Waals surface area contributed by atoms with Gasteiger partial charge < -0.3 is 0 Å². The van der Waals surface area contributed by atoms with Gasteiger partial charge in [0, 0.05) is 4.91 Å². The number of hydrogen-bond donors (Lipinski definition) is 0. The second kappa shape index (κ2) is 7.02. The molecule has 18 heavy (non-hydrogen) atoms. The normalized spacial score (nSPS) is 12.4. The minimum Gasteiger partial charge on any atom is -0.207 e. The third kappa shape index (κ3) is 4.04. The maximum absolute atomic E-state index is 12.9. The molecular formula is C16H17FS. The van der Waals surface area contributed by atoms with Gasteiger partial charge in [-0.3, -0.25) is 0 Å². The molecule has 2 heteroatoms. The summed E-state index contributed by atoms with van der Waals surface area (Å²) in [6, 6.07) is 6.48. The molecule has 0 spiro atoms. The molecule has 0 N–H and O–H groups in total. The van der Waals surface area contributed by atoms with E-state index in [1.165, 1.54) is 12.1 Å². The van der Waals surface area contributed by atoms with Gasteiger partial charge in [-0.05, 0) is 48.1 Å².